The zero-order chi connectivity index (χ0) is 19.0. The number of nitrogens with zero attached hydrogens (tertiary/aromatic N) is 1. The molecule has 3 fully saturated rings. The summed E-state index contributed by atoms with van der Waals surface area (Å²) >= 11 is 0. The Kier molecular flexibility index (Phi) is 5.22. The average Bonchev–Trinajstić information content (AvgIpc) is 3.32. The van der Waals surface area contributed by atoms with Crippen molar-refractivity contribution in [1.82, 2.24) is 15.5 Å². The first-order chi connectivity index (χ1) is 13.8. The number of morpholine rings is 1. The standard InChI is InChI=1S/C23H35N3O2/c27-21-20(18-5-1-2-6-19(18)23(21)9-11-24-12-10-23)25-17-22(7-3-4-8-22)26-13-15-28-16-14-26/h1-2,5-6,20-21,24-25,27H,3-4,7-17H2/t20-,21+/m1/s1. The van der Waals surface area contributed by atoms with Crippen LogP contribution in [0.2, 0.25) is 0 Å². The van der Waals surface area contributed by atoms with E-state index >= 15 is 0 Å². The van der Waals surface area contributed by atoms with Gasteiger partial charge in [-0.1, -0.05) is 37.1 Å². The maximum atomic E-state index is 11.5. The Balaban J connectivity index is 1.39. The normalized spacial score (nSPS) is 31.9. The zero-order valence-electron chi connectivity index (χ0n) is 17.0. The Morgan fingerprint density at radius 1 is 1.07 bits per heavy atom. The van der Waals surface area contributed by atoms with E-state index < -0.39 is 0 Å². The molecule has 2 saturated heterocycles. The van der Waals surface area contributed by atoms with Gasteiger partial charge in [-0.05, 0) is 49.9 Å². The SMILES string of the molecule is O[C@H]1[C@H](NCC2(N3CCOCC3)CCCC2)c2ccccc2C12CCNCC2. The van der Waals surface area contributed by atoms with Gasteiger partial charge in [0.15, 0.2) is 0 Å². The third kappa shape index (κ3) is 3.03. The molecule has 1 aromatic carbocycles. The van der Waals surface area contributed by atoms with Crippen LogP contribution >= 0.6 is 0 Å². The molecule has 1 spiro atoms. The van der Waals surface area contributed by atoms with Gasteiger partial charge in [-0.2, -0.15) is 0 Å². The van der Waals surface area contributed by atoms with Gasteiger partial charge in [-0.15, -0.1) is 0 Å². The van der Waals surface area contributed by atoms with E-state index in [1.165, 1.54) is 36.8 Å². The van der Waals surface area contributed by atoms with Gasteiger partial charge in [0.25, 0.3) is 0 Å². The van der Waals surface area contributed by atoms with Crippen LogP contribution in [-0.4, -0.2) is 67.6 Å². The number of rotatable bonds is 4. The number of ether oxygens (including phenoxy) is 1. The summed E-state index contributed by atoms with van der Waals surface area (Å²) in [4.78, 5) is 2.67. The molecule has 2 heterocycles. The third-order valence-corrected chi connectivity index (χ3v) is 8.08. The van der Waals surface area contributed by atoms with Crippen LogP contribution in [0.3, 0.4) is 0 Å². The Hall–Kier alpha value is -0.980. The number of aliphatic hydroxyl groups is 1. The van der Waals surface area contributed by atoms with Gasteiger partial charge in [0.2, 0.25) is 0 Å². The molecule has 1 aromatic rings. The molecule has 1 saturated carbocycles. The molecule has 2 aliphatic heterocycles. The lowest BCUT2D eigenvalue weighted by atomic mass is 9.72. The predicted octanol–water partition coefficient (Wildman–Crippen LogP) is 1.96. The van der Waals surface area contributed by atoms with Crippen LogP contribution in [0.15, 0.2) is 24.3 Å². The second-order valence-electron chi connectivity index (χ2n) is 9.33. The van der Waals surface area contributed by atoms with Gasteiger partial charge in [-0.3, -0.25) is 4.90 Å². The monoisotopic (exact) mass is 385 g/mol. The molecule has 0 bridgehead atoms. The van der Waals surface area contributed by atoms with Crippen LogP contribution in [0.1, 0.15) is 55.7 Å². The lowest BCUT2D eigenvalue weighted by Crippen LogP contribution is -2.58. The first-order valence-electron chi connectivity index (χ1n) is 11.3. The second kappa shape index (κ2) is 7.69. The number of aliphatic hydroxyl groups excluding tert-OH is 1. The highest BCUT2D eigenvalue weighted by molar-refractivity contribution is 5.45. The van der Waals surface area contributed by atoms with Crippen molar-refractivity contribution in [2.75, 3.05) is 45.9 Å². The van der Waals surface area contributed by atoms with Crippen molar-refractivity contribution in [3.63, 3.8) is 0 Å². The van der Waals surface area contributed by atoms with E-state index in [0.717, 1.165) is 58.8 Å². The summed E-state index contributed by atoms with van der Waals surface area (Å²) in [5, 5.41) is 18.9. The Morgan fingerprint density at radius 3 is 2.54 bits per heavy atom. The molecule has 3 N–H and O–H groups in total. The number of fused-ring (bicyclic) bond motifs is 2. The Labute approximate surface area is 168 Å². The van der Waals surface area contributed by atoms with Crippen LogP contribution in [0, 0.1) is 0 Å². The number of benzene rings is 1. The maximum Gasteiger partial charge on any atom is 0.0832 e. The van der Waals surface area contributed by atoms with E-state index in [-0.39, 0.29) is 23.1 Å². The van der Waals surface area contributed by atoms with Gasteiger partial charge in [0.1, 0.15) is 0 Å². The van der Waals surface area contributed by atoms with Crippen molar-refractivity contribution < 1.29 is 9.84 Å². The molecular formula is C23H35N3O2. The molecule has 0 radical (unpaired) electrons. The van der Waals surface area contributed by atoms with Crippen LogP contribution in [0.4, 0.5) is 0 Å². The predicted molar refractivity (Wildman–Crippen MR) is 111 cm³/mol. The highest BCUT2D eigenvalue weighted by atomic mass is 16.5. The summed E-state index contributed by atoms with van der Waals surface area (Å²) < 4.78 is 5.61. The van der Waals surface area contributed by atoms with Gasteiger partial charge in [0.05, 0.1) is 25.4 Å². The van der Waals surface area contributed by atoms with Crippen molar-refractivity contribution >= 4 is 0 Å². The highest BCUT2D eigenvalue weighted by Gasteiger charge is 2.52. The third-order valence-electron chi connectivity index (χ3n) is 8.08. The summed E-state index contributed by atoms with van der Waals surface area (Å²) in [5.74, 6) is 0. The van der Waals surface area contributed by atoms with E-state index in [2.05, 4.69) is 39.8 Å². The summed E-state index contributed by atoms with van der Waals surface area (Å²) in [6.07, 6.45) is 6.88. The summed E-state index contributed by atoms with van der Waals surface area (Å²) in [7, 11) is 0. The van der Waals surface area contributed by atoms with Crippen LogP contribution < -0.4 is 10.6 Å². The number of nitrogens with one attached hydrogen (secondary N) is 2. The topological polar surface area (TPSA) is 56.8 Å². The fourth-order valence-electron chi connectivity index (χ4n) is 6.51. The van der Waals surface area contributed by atoms with E-state index in [1.807, 2.05) is 0 Å². The lowest BCUT2D eigenvalue weighted by Gasteiger charge is -2.45. The molecule has 5 heteroatoms. The molecule has 5 rings (SSSR count). The van der Waals surface area contributed by atoms with E-state index in [9.17, 15) is 5.11 Å². The summed E-state index contributed by atoms with van der Waals surface area (Å²) in [6.45, 7) is 6.75. The molecule has 0 aromatic heterocycles. The molecule has 4 aliphatic rings. The first-order valence-corrected chi connectivity index (χ1v) is 11.3. The van der Waals surface area contributed by atoms with Gasteiger partial charge >= 0.3 is 0 Å². The molecule has 2 aliphatic carbocycles. The Bertz CT molecular complexity index is 676. The minimum absolute atomic E-state index is 0.0489. The number of hydrogen-bond acceptors (Lipinski definition) is 5. The van der Waals surface area contributed by atoms with Crippen molar-refractivity contribution in [3.05, 3.63) is 35.4 Å². The molecule has 2 atom stereocenters. The fraction of sp³-hybridized carbons (Fsp3) is 0.739. The van der Waals surface area contributed by atoms with E-state index in [4.69, 9.17) is 4.74 Å². The number of hydrogen-bond donors (Lipinski definition) is 3. The maximum absolute atomic E-state index is 11.5. The van der Waals surface area contributed by atoms with Gasteiger partial charge in [0, 0.05) is 30.6 Å². The largest absolute Gasteiger partial charge is 0.390 e. The lowest BCUT2D eigenvalue weighted by molar-refractivity contribution is -0.0248. The van der Waals surface area contributed by atoms with Crippen molar-refractivity contribution in [3.8, 4) is 0 Å². The minimum atomic E-state index is -0.338. The van der Waals surface area contributed by atoms with Crippen LogP contribution in [0.5, 0.6) is 0 Å². The summed E-state index contributed by atoms with van der Waals surface area (Å²) in [6, 6.07) is 8.83. The molecular weight excluding hydrogens is 350 g/mol. The first kappa shape index (κ1) is 19.0. The molecule has 28 heavy (non-hydrogen) atoms. The highest BCUT2D eigenvalue weighted by Crippen LogP contribution is 2.50. The van der Waals surface area contributed by atoms with Crippen molar-refractivity contribution in [1.29, 1.82) is 0 Å². The van der Waals surface area contributed by atoms with Crippen molar-refractivity contribution in [2.45, 2.75) is 61.6 Å². The molecule has 0 unspecified atom stereocenters. The zero-order valence-corrected chi connectivity index (χ0v) is 17.0. The van der Waals surface area contributed by atoms with Crippen LogP contribution in [0.25, 0.3) is 0 Å². The average molecular weight is 386 g/mol. The van der Waals surface area contributed by atoms with Crippen LogP contribution in [-0.2, 0) is 10.2 Å². The second-order valence-corrected chi connectivity index (χ2v) is 9.33. The Morgan fingerprint density at radius 2 is 1.79 bits per heavy atom. The fourth-order valence-corrected chi connectivity index (χ4v) is 6.51. The molecule has 154 valence electrons. The molecule has 5 nitrogen and oxygen atoms in total. The number of piperidine rings is 1. The minimum Gasteiger partial charge on any atom is -0.390 e. The van der Waals surface area contributed by atoms with Gasteiger partial charge in [-0.25, -0.2) is 0 Å². The molecule has 0 amide bonds. The van der Waals surface area contributed by atoms with E-state index in [1.54, 1.807) is 0 Å². The van der Waals surface area contributed by atoms with E-state index in [0.29, 0.717) is 0 Å². The quantitative estimate of drug-likeness (QED) is 0.740. The van der Waals surface area contributed by atoms with Gasteiger partial charge < -0.3 is 20.5 Å². The smallest absolute Gasteiger partial charge is 0.0832 e. The summed E-state index contributed by atoms with van der Waals surface area (Å²) in [5.41, 5.74) is 2.87. The van der Waals surface area contributed by atoms with Crippen molar-refractivity contribution in [2.24, 2.45) is 0 Å².